The molecular formula is C15H17BrClNOS. The van der Waals surface area contributed by atoms with Crippen molar-refractivity contribution in [1.82, 2.24) is 5.32 Å². The van der Waals surface area contributed by atoms with Crippen LogP contribution < -0.4 is 10.1 Å². The minimum absolute atomic E-state index is 0.0998. The van der Waals surface area contributed by atoms with Crippen LogP contribution in [0.4, 0.5) is 0 Å². The Labute approximate surface area is 137 Å². The van der Waals surface area contributed by atoms with E-state index in [1.165, 1.54) is 4.88 Å². The van der Waals surface area contributed by atoms with E-state index in [-0.39, 0.29) is 6.04 Å². The van der Waals surface area contributed by atoms with Gasteiger partial charge in [-0.25, -0.2) is 0 Å². The van der Waals surface area contributed by atoms with Crippen molar-refractivity contribution in [2.45, 2.75) is 19.4 Å². The summed E-state index contributed by atoms with van der Waals surface area (Å²) in [5.74, 6) is 0.776. The molecule has 0 saturated heterocycles. The summed E-state index contributed by atoms with van der Waals surface area (Å²) in [6, 6.07) is 8.00. The lowest BCUT2D eigenvalue weighted by molar-refractivity contribution is 0.414. The fourth-order valence-electron chi connectivity index (χ4n) is 2.01. The number of benzene rings is 1. The number of nitrogens with one attached hydrogen (secondary N) is 1. The maximum absolute atomic E-state index is 6.42. The van der Waals surface area contributed by atoms with Crippen molar-refractivity contribution in [3.8, 4) is 5.75 Å². The van der Waals surface area contributed by atoms with Crippen molar-refractivity contribution < 1.29 is 4.74 Å². The second-order valence-corrected chi connectivity index (χ2v) is 6.62. The Morgan fingerprint density at radius 1 is 1.40 bits per heavy atom. The maximum atomic E-state index is 6.42. The molecule has 0 aliphatic heterocycles. The van der Waals surface area contributed by atoms with Crippen molar-refractivity contribution in [2.75, 3.05) is 13.7 Å². The number of hydrogen-bond acceptors (Lipinski definition) is 3. The second-order valence-electron chi connectivity index (χ2n) is 4.41. The molecule has 2 rings (SSSR count). The molecule has 0 bridgehead atoms. The Morgan fingerprint density at radius 3 is 2.75 bits per heavy atom. The van der Waals surface area contributed by atoms with Crippen LogP contribution in [-0.4, -0.2) is 13.7 Å². The van der Waals surface area contributed by atoms with Gasteiger partial charge in [-0.2, -0.15) is 0 Å². The molecule has 20 heavy (non-hydrogen) atoms. The molecule has 5 heteroatoms. The SMILES string of the molecule is CCCNC(c1ccc(OC)cc1Cl)c1sccc1Br. The van der Waals surface area contributed by atoms with Crippen LogP contribution in [0.1, 0.15) is 29.8 Å². The first kappa shape index (κ1) is 15.8. The van der Waals surface area contributed by atoms with Crippen LogP contribution in [0.25, 0.3) is 0 Å². The van der Waals surface area contributed by atoms with Crippen LogP contribution in [0.15, 0.2) is 34.1 Å². The zero-order chi connectivity index (χ0) is 14.5. The van der Waals surface area contributed by atoms with Crippen LogP contribution in [0.2, 0.25) is 5.02 Å². The lowest BCUT2D eigenvalue weighted by Crippen LogP contribution is -2.23. The van der Waals surface area contributed by atoms with Crippen LogP contribution in [0, 0.1) is 0 Å². The normalized spacial score (nSPS) is 12.4. The van der Waals surface area contributed by atoms with Gasteiger partial charge in [-0.15, -0.1) is 11.3 Å². The topological polar surface area (TPSA) is 21.3 Å². The van der Waals surface area contributed by atoms with Crippen molar-refractivity contribution >= 4 is 38.9 Å². The van der Waals surface area contributed by atoms with E-state index in [0.717, 1.165) is 33.8 Å². The van der Waals surface area contributed by atoms with E-state index >= 15 is 0 Å². The summed E-state index contributed by atoms with van der Waals surface area (Å²) in [5.41, 5.74) is 1.07. The van der Waals surface area contributed by atoms with Gasteiger partial charge in [0.15, 0.2) is 0 Å². The molecule has 0 aliphatic rings. The monoisotopic (exact) mass is 373 g/mol. The van der Waals surface area contributed by atoms with E-state index in [1.807, 2.05) is 18.2 Å². The quantitative estimate of drug-likeness (QED) is 0.744. The average Bonchev–Trinajstić information content (AvgIpc) is 2.87. The molecule has 1 N–H and O–H groups in total. The number of ether oxygens (including phenoxy) is 1. The number of thiophene rings is 1. The summed E-state index contributed by atoms with van der Waals surface area (Å²) in [6.45, 7) is 3.10. The van der Waals surface area contributed by atoms with Gasteiger partial charge in [-0.05, 0) is 58.0 Å². The van der Waals surface area contributed by atoms with Gasteiger partial charge in [0.25, 0.3) is 0 Å². The highest BCUT2D eigenvalue weighted by Crippen LogP contribution is 2.37. The fraction of sp³-hybridized carbons (Fsp3) is 0.333. The predicted octanol–water partition coefficient (Wildman–Crippen LogP) is 5.26. The molecule has 2 aromatic rings. The first-order valence-corrected chi connectivity index (χ1v) is 8.52. The van der Waals surface area contributed by atoms with E-state index in [2.05, 4.69) is 39.6 Å². The molecule has 1 unspecified atom stereocenters. The molecular weight excluding hydrogens is 358 g/mol. The van der Waals surface area contributed by atoms with Crippen LogP contribution in [-0.2, 0) is 0 Å². The standard InChI is InChI=1S/C15H17BrClNOS/c1-3-7-18-14(15-12(16)6-8-20-15)11-5-4-10(19-2)9-13(11)17/h4-6,8-9,14,18H,3,7H2,1-2H3. The predicted molar refractivity (Wildman–Crippen MR) is 90.2 cm³/mol. The van der Waals surface area contributed by atoms with Gasteiger partial charge < -0.3 is 10.1 Å². The van der Waals surface area contributed by atoms with Crippen LogP contribution in [0.5, 0.6) is 5.75 Å². The summed E-state index contributed by atoms with van der Waals surface area (Å²) < 4.78 is 6.33. The van der Waals surface area contributed by atoms with Crippen molar-refractivity contribution in [3.05, 3.63) is 49.6 Å². The Hall–Kier alpha value is -0.550. The summed E-state index contributed by atoms with van der Waals surface area (Å²) in [4.78, 5) is 1.24. The number of rotatable bonds is 6. The van der Waals surface area contributed by atoms with E-state index in [1.54, 1.807) is 18.4 Å². The fourth-order valence-corrected chi connectivity index (χ4v) is 3.99. The third-order valence-corrected chi connectivity index (χ3v) is 5.29. The molecule has 1 aromatic carbocycles. The Balaban J connectivity index is 2.38. The second kappa shape index (κ2) is 7.46. The van der Waals surface area contributed by atoms with Crippen LogP contribution in [0.3, 0.4) is 0 Å². The van der Waals surface area contributed by atoms with Crippen molar-refractivity contribution in [1.29, 1.82) is 0 Å². The largest absolute Gasteiger partial charge is 0.497 e. The minimum atomic E-state index is 0.0998. The van der Waals surface area contributed by atoms with Gasteiger partial charge >= 0.3 is 0 Å². The van der Waals surface area contributed by atoms with E-state index < -0.39 is 0 Å². The maximum Gasteiger partial charge on any atom is 0.120 e. The van der Waals surface area contributed by atoms with Gasteiger partial charge in [-0.1, -0.05) is 24.6 Å². The molecule has 2 nitrogen and oxygen atoms in total. The number of halogens is 2. The molecule has 0 radical (unpaired) electrons. The van der Waals surface area contributed by atoms with Gasteiger partial charge in [0.05, 0.1) is 13.2 Å². The number of hydrogen-bond donors (Lipinski definition) is 1. The van der Waals surface area contributed by atoms with Gasteiger partial charge in [0.2, 0.25) is 0 Å². The van der Waals surface area contributed by atoms with E-state index in [4.69, 9.17) is 16.3 Å². The zero-order valence-electron chi connectivity index (χ0n) is 11.5. The van der Waals surface area contributed by atoms with E-state index in [9.17, 15) is 0 Å². The highest BCUT2D eigenvalue weighted by atomic mass is 79.9. The molecule has 1 aromatic heterocycles. The Morgan fingerprint density at radius 2 is 2.20 bits per heavy atom. The lowest BCUT2D eigenvalue weighted by atomic mass is 10.0. The minimum Gasteiger partial charge on any atom is -0.497 e. The van der Waals surface area contributed by atoms with Gasteiger partial charge in [-0.3, -0.25) is 0 Å². The molecule has 0 saturated carbocycles. The Bertz CT molecular complexity index is 573. The van der Waals surface area contributed by atoms with E-state index in [0.29, 0.717) is 0 Å². The van der Waals surface area contributed by atoms with Crippen molar-refractivity contribution in [2.24, 2.45) is 0 Å². The van der Waals surface area contributed by atoms with Crippen LogP contribution >= 0.6 is 38.9 Å². The first-order chi connectivity index (χ1) is 9.67. The summed E-state index contributed by atoms with van der Waals surface area (Å²) >= 11 is 11.8. The highest BCUT2D eigenvalue weighted by molar-refractivity contribution is 9.10. The zero-order valence-corrected chi connectivity index (χ0v) is 14.6. The highest BCUT2D eigenvalue weighted by Gasteiger charge is 2.20. The van der Waals surface area contributed by atoms with Crippen molar-refractivity contribution in [3.63, 3.8) is 0 Å². The molecule has 0 spiro atoms. The molecule has 0 amide bonds. The van der Waals surface area contributed by atoms with Gasteiger partial charge in [0.1, 0.15) is 5.75 Å². The molecule has 0 fully saturated rings. The Kier molecular flexibility index (Phi) is 5.90. The molecule has 1 atom stereocenters. The molecule has 1 heterocycles. The number of methoxy groups -OCH3 is 1. The third kappa shape index (κ3) is 3.55. The first-order valence-electron chi connectivity index (χ1n) is 6.47. The molecule has 108 valence electrons. The average molecular weight is 375 g/mol. The molecule has 0 aliphatic carbocycles. The third-order valence-electron chi connectivity index (χ3n) is 3.02. The lowest BCUT2D eigenvalue weighted by Gasteiger charge is -2.20. The summed E-state index contributed by atoms with van der Waals surface area (Å²) in [7, 11) is 1.65. The van der Waals surface area contributed by atoms with Gasteiger partial charge in [0, 0.05) is 14.4 Å². The summed E-state index contributed by atoms with van der Waals surface area (Å²) in [5, 5.41) is 6.36. The summed E-state index contributed by atoms with van der Waals surface area (Å²) in [6.07, 6.45) is 1.08. The smallest absolute Gasteiger partial charge is 0.120 e.